The number of aromatic nitrogens is 1. The zero-order valence-corrected chi connectivity index (χ0v) is 14.3. The van der Waals surface area contributed by atoms with E-state index in [0.29, 0.717) is 14.5 Å². The number of halogens is 1. The van der Waals surface area contributed by atoms with Crippen LogP contribution in [0, 0.1) is 0 Å². The minimum absolute atomic E-state index is 0.0613. The SMILES string of the molecule is COC(=O)N1C(COc2ncc(N)cc2Br)CN(C)S1(=O)=O. The molecule has 11 heteroatoms. The Bertz CT molecular complexity index is 683. The van der Waals surface area contributed by atoms with Crippen LogP contribution < -0.4 is 10.5 Å². The molecule has 0 aliphatic carbocycles. The summed E-state index contributed by atoms with van der Waals surface area (Å²) in [5, 5.41) is 0. The molecule has 1 aromatic rings. The van der Waals surface area contributed by atoms with Crippen LogP contribution in [0.5, 0.6) is 5.88 Å². The van der Waals surface area contributed by atoms with Crippen LogP contribution in [0.25, 0.3) is 0 Å². The summed E-state index contributed by atoms with van der Waals surface area (Å²) in [6, 6.07) is 0.895. The predicted molar refractivity (Wildman–Crippen MR) is 81.4 cm³/mol. The number of likely N-dealkylation sites (N-methyl/N-ethyl adjacent to an activating group) is 1. The Labute approximate surface area is 136 Å². The Balaban J connectivity index is 2.16. The number of anilines is 1. The van der Waals surface area contributed by atoms with Crippen LogP contribution >= 0.6 is 15.9 Å². The second-order valence-corrected chi connectivity index (χ2v) is 7.34. The second kappa shape index (κ2) is 6.26. The zero-order chi connectivity index (χ0) is 16.5. The number of carbonyl (C=O) groups is 1. The minimum atomic E-state index is -3.89. The van der Waals surface area contributed by atoms with Gasteiger partial charge < -0.3 is 15.2 Å². The topological polar surface area (TPSA) is 115 Å². The van der Waals surface area contributed by atoms with Gasteiger partial charge >= 0.3 is 16.3 Å². The fourth-order valence-electron chi connectivity index (χ4n) is 1.98. The van der Waals surface area contributed by atoms with Crippen molar-refractivity contribution in [3.8, 4) is 5.88 Å². The van der Waals surface area contributed by atoms with E-state index >= 15 is 0 Å². The van der Waals surface area contributed by atoms with Crippen molar-refractivity contribution in [1.29, 1.82) is 0 Å². The summed E-state index contributed by atoms with van der Waals surface area (Å²) in [4.78, 5) is 15.7. The van der Waals surface area contributed by atoms with Crippen molar-refractivity contribution in [2.45, 2.75) is 6.04 Å². The number of carbonyl (C=O) groups excluding carboxylic acids is 1. The number of methoxy groups -OCH3 is 1. The van der Waals surface area contributed by atoms with Crippen LogP contribution in [-0.4, -0.2) is 61.5 Å². The number of pyridine rings is 1. The molecule has 1 atom stereocenters. The highest BCUT2D eigenvalue weighted by atomic mass is 79.9. The lowest BCUT2D eigenvalue weighted by Gasteiger charge is -2.20. The first kappa shape index (κ1) is 16.8. The van der Waals surface area contributed by atoms with E-state index in [1.165, 1.54) is 13.2 Å². The lowest BCUT2D eigenvalue weighted by Crippen LogP contribution is -2.42. The molecule has 0 spiro atoms. The fourth-order valence-corrected chi connectivity index (χ4v) is 3.89. The third-order valence-corrected chi connectivity index (χ3v) is 5.49. The molecule has 1 aliphatic heterocycles. The largest absolute Gasteiger partial charge is 0.475 e. The normalized spacial score (nSPS) is 20.9. The quantitative estimate of drug-likeness (QED) is 0.789. The summed E-state index contributed by atoms with van der Waals surface area (Å²) in [5.74, 6) is 0.256. The van der Waals surface area contributed by atoms with E-state index in [1.54, 1.807) is 6.07 Å². The first-order chi connectivity index (χ1) is 10.3. The summed E-state index contributed by atoms with van der Waals surface area (Å²) in [7, 11) is -1.39. The monoisotopic (exact) mass is 394 g/mol. The molecule has 9 nitrogen and oxygen atoms in total. The summed E-state index contributed by atoms with van der Waals surface area (Å²) < 4.78 is 36.4. The summed E-state index contributed by atoms with van der Waals surface area (Å²) in [6.45, 7) is 0.0399. The molecule has 2 rings (SSSR count). The van der Waals surface area contributed by atoms with E-state index < -0.39 is 22.3 Å². The van der Waals surface area contributed by atoms with E-state index in [2.05, 4.69) is 25.7 Å². The molecule has 122 valence electrons. The third-order valence-electron chi connectivity index (χ3n) is 3.04. The highest BCUT2D eigenvalue weighted by molar-refractivity contribution is 9.10. The summed E-state index contributed by atoms with van der Waals surface area (Å²) >= 11 is 3.25. The van der Waals surface area contributed by atoms with Crippen molar-refractivity contribution in [3.05, 3.63) is 16.7 Å². The number of nitrogens with two attached hydrogens (primary N) is 1. The van der Waals surface area contributed by atoms with Crippen LogP contribution in [-0.2, 0) is 14.9 Å². The molecular weight excluding hydrogens is 380 g/mol. The van der Waals surface area contributed by atoms with Gasteiger partial charge in [-0.05, 0) is 22.0 Å². The van der Waals surface area contributed by atoms with Crippen molar-refractivity contribution in [2.24, 2.45) is 0 Å². The molecule has 1 aromatic heterocycles. The number of nitrogens with zero attached hydrogens (tertiary/aromatic N) is 3. The van der Waals surface area contributed by atoms with Crippen molar-refractivity contribution in [1.82, 2.24) is 13.6 Å². The Hall–Kier alpha value is -1.59. The number of rotatable bonds is 3. The molecule has 2 N–H and O–H groups in total. The zero-order valence-electron chi connectivity index (χ0n) is 11.9. The van der Waals surface area contributed by atoms with E-state index in [1.807, 2.05) is 0 Å². The molecule has 1 saturated heterocycles. The number of nitrogen functional groups attached to an aromatic ring is 1. The first-order valence-corrected chi connectivity index (χ1v) is 8.33. The Kier molecular flexibility index (Phi) is 4.78. The smallest absolute Gasteiger partial charge is 0.424 e. The Morgan fingerprint density at radius 3 is 2.86 bits per heavy atom. The van der Waals surface area contributed by atoms with Gasteiger partial charge in [0, 0.05) is 13.6 Å². The number of amides is 1. The second-order valence-electron chi connectivity index (χ2n) is 4.57. The maximum atomic E-state index is 12.1. The summed E-state index contributed by atoms with van der Waals surface area (Å²) in [5.41, 5.74) is 6.03. The molecule has 0 bridgehead atoms. The van der Waals surface area contributed by atoms with Gasteiger partial charge in [-0.3, -0.25) is 0 Å². The van der Waals surface area contributed by atoms with Gasteiger partial charge in [0.15, 0.2) is 0 Å². The highest BCUT2D eigenvalue weighted by Gasteiger charge is 2.46. The molecule has 1 aliphatic rings. The summed E-state index contributed by atoms with van der Waals surface area (Å²) in [6.07, 6.45) is 0.456. The van der Waals surface area contributed by atoms with Gasteiger partial charge in [0.1, 0.15) is 12.6 Å². The minimum Gasteiger partial charge on any atom is -0.475 e. The van der Waals surface area contributed by atoms with Crippen LogP contribution in [0.15, 0.2) is 16.7 Å². The lowest BCUT2D eigenvalue weighted by atomic mass is 10.3. The number of hydrogen-bond acceptors (Lipinski definition) is 7. The van der Waals surface area contributed by atoms with Crippen LogP contribution in [0.4, 0.5) is 10.5 Å². The van der Waals surface area contributed by atoms with Crippen molar-refractivity contribution in [3.63, 3.8) is 0 Å². The van der Waals surface area contributed by atoms with Gasteiger partial charge in [-0.15, -0.1) is 0 Å². The first-order valence-electron chi connectivity index (χ1n) is 6.15. The third kappa shape index (κ3) is 3.10. The molecule has 2 heterocycles. The van der Waals surface area contributed by atoms with E-state index in [0.717, 1.165) is 11.4 Å². The molecule has 22 heavy (non-hydrogen) atoms. The van der Waals surface area contributed by atoms with E-state index in [9.17, 15) is 13.2 Å². The van der Waals surface area contributed by atoms with Crippen LogP contribution in [0.3, 0.4) is 0 Å². The van der Waals surface area contributed by atoms with E-state index in [-0.39, 0.29) is 19.0 Å². The van der Waals surface area contributed by atoms with Gasteiger partial charge in [0.25, 0.3) is 0 Å². The molecule has 0 aromatic carbocycles. The number of ether oxygens (including phenoxy) is 2. The molecule has 1 amide bonds. The maximum Gasteiger partial charge on any atom is 0.424 e. The molecule has 1 unspecified atom stereocenters. The predicted octanol–water partition coefficient (Wildman–Crippen LogP) is 0.432. The average molecular weight is 395 g/mol. The lowest BCUT2D eigenvalue weighted by molar-refractivity contribution is 0.130. The van der Waals surface area contributed by atoms with Gasteiger partial charge in [0.2, 0.25) is 5.88 Å². The molecular formula is C11H15BrN4O5S. The average Bonchev–Trinajstić information content (AvgIpc) is 2.67. The van der Waals surface area contributed by atoms with Gasteiger partial charge in [-0.1, -0.05) is 0 Å². The van der Waals surface area contributed by atoms with Gasteiger partial charge in [-0.2, -0.15) is 17.0 Å². The molecule has 0 saturated carbocycles. The maximum absolute atomic E-state index is 12.1. The van der Waals surface area contributed by atoms with Crippen LogP contribution in [0.2, 0.25) is 0 Å². The van der Waals surface area contributed by atoms with Crippen molar-refractivity contribution < 1.29 is 22.7 Å². The van der Waals surface area contributed by atoms with Crippen molar-refractivity contribution >= 4 is 37.9 Å². The van der Waals surface area contributed by atoms with E-state index in [4.69, 9.17) is 10.5 Å². The molecule has 1 fully saturated rings. The fraction of sp³-hybridized carbons (Fsp3) is 0.455. The standard InChI is InChI=1S/C11H15BrN4O5S/c1-15-5-8(16(11(17)20-2)22(15,18)19)6-21-10-9(12)3-7(13)4-14-10/h3-4,8H,5-6,13H2,1-2H3. The van der Waals surface area contributed by atoms with Gasteiger partial charge in [-0.25, -0.2) is 9.78 Å². The highest BCUT2D eigenvalue weighted by Crippen LogP contribution is 2.26. The van der Waals surface area contributed by atoms with Crippen molar-refractivity contribution in [2.75, 3.05) is 33.0 Å². The van der Waals surface area contributed by atoms with Gasteiger partial charge in [0.05, 0.1) is 23.5 Å². The number of hydrogen-bond donors (Lipinski definition) is 1. The van der Waals surface area contributed by atoms with Crippen LogP contribution in [0.1, 0.15) is 0 Å². The Morgan fingerprint density at radius 2 is 2.27 bits per heavy atom. The Morgan fingerprint density at radius 1 is 1.59 bits per heavy atom. The molecule has 0 radical (unpaired) electrons.